The SMILES string of the molecule is O=C(NCCc1cn2ccccc2n1)c1cc(Cl)c2c(c1)OCCCO2. The number of hydrogen-bond donors (Lipinski definition) is 1. The highest BCUT2D eigenvalue weighted by Gasteiger charge is 2.18. The molecular weight excluding hydrogens is 354 g/mol. The van der Waals surface area contributed by atoms with Crippen LogP contribution >= 0.6 is 11.6 Å². The lowest BCUT2D eigenvalue weighted by Gasteiger charge is -2.11. The molecule has 2 aromatic heterocycles. The molecule has 0 unspecified atom stereocenters. The minimum Gasteiger partial charge on any atom is -0.489 e. The molecule has 1 aliphatic rings. The third kappa shape index (κ3) is 3.46. The fourth-order valence-electron chi connectivity index (χ4n) is 2.88. The number of imidazole rings is 1. The van der Waals surface area contributed by atoms with Gasteiger partial charge in [-0.1, -0.05) is 17.7 Å². The third-order valence-electron chi connectivity index (χ3n) is 4.14. The Morgan fingerprint density at radius 2 is 2.15 bits per heavy atom. The maximum absolute atomic E-state index is 12.4. The molecule has 1 aromatic carbocycles. The summed E-state index contributed by atoms with van der Waals surface area (Å²) in [6.45, 7) is 1.58. The van der Waals surface area contributed by atoms with E-state index in [2.05, 4.69) is 10.3 Å². The van der Waals surface area contributed by atoms with E-state index < -0.39 is 0 Å². The molecule has 0 atom stereocenters. The van der Waals surface area contributed by atoms with Gasteiger partial charge in [-0.2, -0.15) is 0 Å². The van der Waals surface area contributed by atoms with E-state index in [1.165, 1.54) is 0 Å². The van der Waals surface area contributed by atoms with Crippen LogP contribution in [0.2, 0.25) is 5.02 Å². The van der Waals surface area contributed by atoms with E-state index in [1.54, 1.807) is 12.1 Å². The van der Waals surface area contributed by atoms with Crippen molar-refractivity contribution in [3.05, 3.63) is 59.0 Å². The van der Waals surface area contributed by atoms with Crippen molar-refractivity contribution in [2.45, 2.75) is 12.8 Å². The van der Waals surface area contributed by atoms with Gasteiger partial charge in [0.15, 0.2) is 11.5 Å². The lowest BCUT2D eigenvalue weighted by atomic mass is 10.2. The smallest absolute Gasteiger partial charge is 0.251 e. The van der Waals surface area contributed by atoms with Gasteiger partial charge in [0, 0.05) is 37.3 Å². The van der Waals surface area contributed by atoms with Crippen LogP contribution in [0.15, 0.2) is 42.7 Å². The van der Waals surface area contributed by atoms with Crippen molar-refractivity contribution < 1.29 is 14.3 Å². The van der Waals surface area contributed by atoms with Crippen LogP contribution in [0, 0.1) is 0 Å². The Kier molecular flexibility index (Phi) is 4.67. The van der Waals surface area contributed by atoms with Gasteiger partial charge < -0.3 is 19.2 Å². The Balaban J connectivity index is 1.41. The molecule has 4 rings (SSSR count). The summed E-state index contributed by atoms with van der Waals surface area (Å²) in [5, 5.41) is 3.28. The van der Waals surface area contributed by atoms with E-state index in [-0.39, 0.29) is 5.91 Å². The van der Waals surface area contributed by atoms with Crippen molar-refractivity contribution in [1.82, 2.24) is 14.7 Å². The Hall–Kier alpha value is -2.73. The monoisotopic (exact) mass is 371 g/mol. The van der Waals surface area contributed by atoms with E-state index in [0.29, 0.717) is 48.3 Å². The summed E-state index contributed by atoms with van der Waals surface area (Å²) in [6.07, 6.45) is 5.34. The summed E-state index contributed by atoms with van der Waals surface area (Å²) in [4.78, 5) is 17.0. The molecule has 134 valence electrons. The Morgan fingerprint density at radius 1 is 1.27 bits per heavy atom. The predicted octanol–water partition coefficient (Wildman–Crippen LogP) is 3.12. The topological polar surface area (TPSA) is 64.9 Å². The summed E-state index contributed by atoms with van der Waals surface area (Å²) < 4.78 is 13.2. The van der Waals surface area contributed by atoms with Gasteiger partial charge in [-0.15, -0.1) is 0 Å². The van der Waals surface area contributed by atoms with E-state index in [0.717, 1.165) is 17.8 Å². The number of aromatic nitrogens is 2. The van der Waals surface area contributed by atoms with Gasteiger partial charge >= 0.3 is 0 Å². The molecule has 26 heavy (non-hydrogen) atoms. The quantitative estimate of drug-likeness (QED) is 0.765. The van der Waals surface area contributed by atoms with Gasteiger partial charge in [0.25, 0.3) is 5.91 Å². The number of amides is 1. The zero-order chi connectivity index (χ0) is 17.9. The molecule has 3 aromatic rings. The van der Waals surface area contributed by atoms with Gasteiger partial charge in [0.1, 0.15) is 5.65 Å². The van der Waals surface area contributed by atoms with Gasteiger partial charge in [0.2, 0.25) is 0 Å². The highest BCUT2D eigenvalue weighted by molar-refractivity contribution is 6.32. The van der Waals surface area contributed by atoms with Crippen LogP contribution in [0.25, 0.3) is 5.65 Å². The second kappa shape index (κ2) is 7.25. The fraction of sp³-hybridized carbons (Fsp3) is 0.263. The number of rotatable bonds is 4. The number of halogens is 1. The molecule has 0 aliphatic carbocycles. The van der Waals surface area contributed by atoms with Gasteiger partial charge in [-0.3, -0.25) is 4.79 Å². The summed E-state index contributed by atoms with van der Waals surface area (Å²) in [6, 6.07) is 9.12. The van der Waals surface area contributed by atoms with Crippen LogP contribution in [0.4, 0.5) is 0 Å². The maximum Gasteiger partial charge on any atom is 0.251 e. The Labute approximate surface area is 155 Å². The van der Waals surface area contributed by atoms with Crippen molar-refractivity contribution in [2.24, 2.45) is 0 Å². The first-order chi connectivity index (χ1) is 12.7. The highest BCUT2D eigenvalue weighted by atomic mass is 35.5. The van der Waals surface area contributed by atoms with Crippen LogP contribution < -0.4 is 14.8 Å². The number of nitrogens with zero attached hydrogens (tertiary/aromatic N) is 2. The van der Waals surface area contributed by atoms with Crippen molar-refractivity contribution >= 4 is 23.2 Å². The second-order valence-corrected chi connectivity index (χ2v) is 6.45. The zero-order valence-electron chi connectivity index (χ0n) is 14.1. The van der Waals surface area contributed by atoms with Crippen LogP contribution in [0.5, 0.6) is 11.5 Å². The molecule has 0 spiro atoms. The predicted molar refractivity (Wildman–Crippen MR) is 98.3 cm³/mol. The zero-order valence-corrected chi connectivity index (χ0v) is 14.8. The molecule has 1 aliphatic heterocycles. The van der Waals surface area contributed by atoms with E-state index in [1.807, 2.05) is 35.0 Å². The number of carbonyl (C=O) groups is 1. The molecule has 7 heteroatoms. The van der Waals surface area contributed by atoms with Crippen molar-refractivity contribution in [2.75, 3.05) is 19.8 Å². The van der Waals surface area contributed by atoms with E-state index in [9.17, 15) is 4.79 Å². The number of hydrogen-bond acceptors (Lipinski definition) is 4. The number of fused-ring (bicyclic) bond motifs is 2. The largest absolute Gasteiger partial charge is 0.489 e. The molecular formula is C19H18ClN3O3. The summed E-state index contributed by atoms with van der Waals surface area (Å²) in [5.74, 6) is 0.817. The first kappa shape index (κ1) is 16.7. The van der Waals surface area contributed by atoms with Crippen LogP contribution in [-0.2, 0) is 6.42 Å². The molecule has 1 amide bonds. The number of carbonyl (C=O) groups excluding carboxylic acids is 1. The molecule has 3 heterocycles. The molecule has 0 bridgehead atoms. The summed E-state index contributed by atoms with van der Waals surface area (Å²) in [5.41, 5.74) is 2.27. The number of nitrogens with one attached hydrogen (secondary N) is 1. The molecule has 6 nitrogen and oxygen atoms in total. The van der Waals surface area contributed by atoms with Crippen molar-refractivity contribution in [1.29, 1.82) is 0 Å². The minimum absolute atomic E-state index is 0.202. The van der Waals surface area contributed by atoms with E-state index >= 15 is 0 Å². The van der Waals surface area contributed by atoms with Crippen LogP contribution in [0.1, 0.15) is 22.5 Å². The second-order valence-electron chi connectivity index (χ2n) is 6.04. The van der Waals surface area contributed by atoms with Gasteiger partial charge in [0.05, 0.1) is 23.9 Å². The van der Waals surface area contributed by atoms with Crippen LogP contribution in [-0.4, -0.2) is 35.1 Å². The molecule has 1 N–H and O–H groups in total. The lowest BCUT2D eigenvalue weighted by Crippen LogP contribution is -2.25. The van der Waals surface area contributed by atoms with Gasteiger partial charge in [-0.05, 0) is 24.3 Å². The van der Waals surface area contributed by atoms with Crippen molar-refractivity contribution in [3.8, 4) is 11.5 Å². The molecule has 0 saturated heterocycles. The van der Waals surface area contributed by atoms with Crippen molar-refractivity contribution in [3.63, 3.8) is 0 Å². The molecule has 0 saturated carbocycles. The number of benzene rings is 1. The van der Waals surface area contributed by atoms with E-state index in [4.69, 9.17) is 21.1 Å². The Morgan fingerprint density at radius 3 is 3.04 bits per heavy atom. The average Bonchev–Trinajstić information content (AvgIpc) is 2.89. The normalized spacial score (nSPS) is 13.4. The fourth-order valence-corrected chi connectivity index (χ4v) is 3.14. The number of ether oxygens (including phenoxy) is 2. The molecule has 0 fully saturated rings. The Bertz CT molecular complexity index is 921. The first-order valence-corrected chi connectivity index (χ1v) is 8.88. The lowest BCUT2D eigenvalue weighted by molar-refractivity contribution is 0.0953. The third-order valence-corrected chi connectivity index (χ3v) is 4.43. The van der Waals surface area contributed by atoms with Gasteiger partial charge in [-0.25, -0.2) is 4.98 Å². The standard InChI is InChI=1S/C19H18ClN3O3/c20-15-10-13(11-16-18(15)26-9-3-8-25-16)19(24)21-6-5-14-12-23-7-2-1-4-17(23)22-14/h1-2,4,7,10-12H,3,5-6,8-9H2,(H,21,24). The van der Waals surface area contributed by atoms with Crippen LogP contribution in [0.3, 0.4) is 0 Å². The average molecular weight is 372 g/mol. The summed E-state index contributed by atoms with van der Waals surface area (Å²) in [7, 11) is 0. The highest BCUT2D eigenvalue weighted by Crippen LogP contribution is 2.37. The maximum atomic E-state index is 12.4. The number of pyridine rings is 1. The first-order valence-electron chi connectivity index (χ1n) is 8.51. The summed E-state index contributed by atoms with van der Waals surface area (Å²) >= 11 is 6.24. The minimum atomic E-state index is -0.202. The molecule has 0 radical (unpaired) electrons.